The third kappa shape index (κ3) is 2.54. The molecule has 1 fully saturated rings. The molecule has 5 nitrogen and oxygen atoms in total. The summed E-state index contributed by atoms with van der Waals surface area (Å²) >= 11 is 0. The first-order valence-electron chi connectivity index (χ1n) is 7.22. The molecule has 1 aliphatic heterocycles. The summed E-state index contributed by atoms with van der Waals surface area (Å²) in [5.74, 6) is 1.98. The highest BCUT2D eigenvalue weighted by molar-refractivity contribution is 5.59. The molecule has 0 spiro atoms. The zero-order chi connectivity index (χ0) is 14.9. The van der Waals surface area contributed by atoms with Crippen LogP contribution in [0.4, 0.5) is 0 Å². The number of aromatic nitrogens is 2. The van der Waals surface area contributed by atoms with Crippen molar-refractivity contribution in [2.75, 3.05) is 20.3 Å². The smallest absolute Gasteiger partial charge is 0.118 e. The molecule has 1 atom stereocenters. The fourth-order valence-electron chi connectivity index (χ4n) is 2.84. The quantitative estimate of drug-likeness (QED) is 0.885. The molecule has 21 heavy (non-hydrogen) atoms. The number of hydrogen-bond donors (Lipinski definition) is 2. The molecule has 0 unspecified atom stereocenters. The van der Waals surface area contributed by atoms with Gasteiger partial charge in [-0.1, -0.05) is 6.92 Å². The Hall–Kier alpha value is -1.85. The van der Waals surface area contributed by atoms with Crippen molar-refractivity contribution in [2.45, 2.75) is 24.8 Å². The molecule has 1 aliphatic rings. The van der Waals surface area contributed by atoms with Gasteiger partial charge in [-0.3, -0.25) is 0 Å². The molecule has 5 heteroatoms. The van der Waals surface area contributed by atoms with Crippen LogP contribution < -0.4 is 10.5 Å². The molecule has 0 radical (unpaired) electrons. The van der Waals surface area contributed by atoms with Crippen LogP contribution in [0.2, 0.25) is 0 Å². The topological polar surface area (TPSA) is 73.2 Å². The number of nitrogens with zero attached hydrogens (tertiary/aromatic N) is 1. The Morgan fingerprint density at radius 1 is 1.38 bits per heavy atom. The summed E-state index contributed by atoms with van der Waals surface area (Å²) in [7, 11) is 1.66. The molecule has 2 heterocycles. The Kier molecular flexibility index (Phi) is 3.69. The van der Waals surface area contributed by atoms with E-state index in [2.05, 4.69) is 16.9 Å². The van der Waals surface area contributed by atoms with E-state index in [4.69, 9.17) is 15.2 Å². The van der Waals surface area contributed by atoms with Crippen molar-refractivity contribution in [3.05, 3.63) is 36.3 Å². The van der Waals surface area contributed by atoms with Gasteiger partial charge in [-0.15, -0.1) is 0 Å². The molecule has 0 bridgehead atoms. The highest BCUT2D eigenvalue weighted by Crippen LogP contribution is 2.34. The van der Waals surface area contributed by atoms with Crippen molar-refractivity contribution in [1.82, 2.24) is 9.97 Å². The molecule has 1 saturated heterocycles. The van der Waals surface area contributed by atoms with Crippen LogP contribution >= 0.6 is 0 Å². The first-order valence-corrected chi connectivity index (χ1v) is 7.22. The third-order valence-electron chi connectivity index (χ3n) is 4.17. The van der Waals surface area contributed by atoms with Crippen molar-refractivity contribution in [2.24, 2.45) is 5.73 Å². The Morgan fingerprint density at radius 2 is 2.10 bits per heavy atom. The molecule has 1 aromatic carbocycles. The maximum atomic E-state index is 6.37. The number of hydrogen-bond acceptors (Lipinski definition) is 4. The van der Waals surface area contributed by atoms with Gasteiger partial charge >= 0.3 is 0 Å². The zero-order valence-electron chi connectivity index (χ0n) is 12.4. The summed E-state index contributed by atoms with van der Waals surface area (Å²) in [6, 6.07) is 7.91. The molecule has 1 aromatic heterocycles. The van der Waals surface area contributed by atoms with E-state index >= 15 is 0 Å². The second kappa shape index (κ2) is 5.50. The first kappa shape index (κ1) is 14.1. The van der Waals surface area contributed by atoms with Gasteiger partial charge in [0.05, 0.1) is 37.8 Å². The predicted octanol–water partition coefficient (Wildman–Crippen LogP) is 2.31. The van der Waals surface area contributed by atoms with Gasteiger partial charge in [0, 0.05) is 5.92 Å². The van der Waals surface area contributed by atoms with Crippen LogP contribution in [-0.4, -0.2) is 35.8 Å². The average Bonchev–Trinajstić information content (AvgIpc) is 2.96. The van der Waals surface area contributed by atoms with Gasteiger partial charge < -0.3 is 20.2 Å². The number of nitrogens with two attached hydrogens (primary N) is 1. The Morgan fingerprint density at radius 3 is 2.62 bits per heavy atom. The minimum Gasteiger partial charge on any atom is -0.497 e. The lowest BCUT2D eigenvalue weighted by Crippen LogP contribution is -2.61. The van der Waals surface area contributed by atoms with Gasteiger partial charge in [0.15, 0.2) is 0 Å². The molecular weight excluding hydrogens is 266 g/mol. The average molecular weight is 287 g/mol. The molecular formula is C16H21N3O2. The van der Waals surface area contributed by atoms with E-state index in [1.807, 2.05) is 30.5 Å². The van der Waals surface area contributed by atoms with Crippen LogP contribution in [-0.2, 0) is 4.74 Å². The first-order chi connectivity index (χ1) is 10.2. The number of methoxy groups -OCH3 is 1. The molecule has 2 aromatic rings. The Balaban J connectivity index is 1.84. The molecule has 3 N–H and O–H groups in total. The second-order valence-corrected chi connectivity index (χ2v) is 5.60. The number of benzene rings is 1. The monoisotopic (exact) mass is 287 g/mol. The number of ether oxygens (including phenoxy) is 2. The van der Waals surface area contributed by atoms with Gasteiger partial charge in [0.2, 0.25) is 0 Å². The van der Waals surface area contributed by atoms with Crippen LogP contribution in [0.1, 0.15) is 25.1 Å². The molecule has 3 rings (SSSR count). The minimum absolute atomic E-state index is 0.193. The van der Waals surface area contributed by atoms with E-state index in [-0.39, 0.29) is 11.5 Å². The van der Waals surface area contributed by atoms with E-state index in [1.54, 1.807) is 7.11 Å². The summed E-state index contributed by atoms with van der Waals surface area (Å²) in [6.07, 6.45) is 2.80. The largest absolute Gasteiger partial charge is 0.497 e. The molecule has 0 amide bonds. The Labute approximate surface area is 124 Å². The van der Waals surface area contributed by atoms with Crippen molar-refractivity contribution in [3.63, 3.8) is 0 Å². The van der Waals surface area contributed by atoms with E-state index in [0.29, 0.717) is 13.2 Å². The van der Waals surface area contributed by atoms with E-state index in [1.165, 1.54) is 0 Å². The number of H-pyrrole nitrogens is 1. The Bertz CT molecular complexity index is 602. The predicted molar refractivity (Wildman–Crippen MR) is 81.3 cm³/mol. The third-order valence-corrected chi connectivity index (χ3v) is 4.17. The molecule has 0 aliphatic carbocycles. The van der Waals surface area contributed by atoms with Gasteiger partial charge in [-0.05, 0) is 36.2 Å². The van der Waals surface area contributed by atoms with Crippen molar-refractivity contribution < 1.29 is 9.47 Å². The van der Waals surface area contributed by atoms with E-state index in [0.717, 1.165) is 29.3 Å². The standard InChI is InChI=1S/C16H21N3O2/c1-3-13(16(17)9-21-10-16)15-18-8-14(19-15)11-4-6-12(20-2)7-5-11/h4-8,13H,3,9-10,17H2,1-2H3,(H,18,19)/t13-/m0/s1. The van der Waals surface area contributed by atoms with Crippen LogP contribution in [0.25, 0.3) is 11.3 Å². The van der Waals surface area contributed by atoms with Gasteiger partial charge in [-0.25, -0.2) is 4.98 Å². The van der Waals surface area contributed by atoms with Gasteiger partial charge in [0.1, 0.15) is 11.6 Å². The summed E-state index contributed by atoms with van der Waals surface area (Å²) in [5, 5.41) is 0. The summed E-state index contributed by atoms with van der Waals surface area (Å²) < 4.78 is 10.5. The minimum atomic E-state index is -0.288. The van der Waals surface area contributed by atoms with E-state index in [9.17, 15) is 0 Å². The number of aromatic amines is 1. The SMILES string of the molecule is CC[C@@H](c1ncc(-c2ccc(OC)cc2)[nH]1)C1(N)COC1. The fraction of sp³-hybridized carbons (Fsp3) is 0.438. The van der Waals surface area contributed by atoms with Crippen molar-refractivity contribution >= 4 is 0 Å². The maximum absolute atomic E-state index is 6.37. The number of nitrogens with one attached hydrogen (secondary N) is 1. The summed E-state index contributed by atoms with van der Waals surface area (Å²) in [4.78, 5) is 7.94. The van der Waals surface area contributed by atoms with Crippen LogP contribution in [0.3, 0.4) is 0 Å². The highest BCUT2D eigenvalue weighted by atomic mass is 16.5. The van der Waals surface area contributed by atoms with Crippen molar-refractivity contribution in [3.8, 4) is 17.0 Å². The zero-order valence-corrected chi connectivity index (χ0v) is 12.4. The van der Waals surface area contributed by atoms with Crippen molar-refractivity contribution in [1.29, 1.82) is 0 Å². The normalized spacial score (nSPS) is 18.0. The van der Waals surface area contributed by atoms with E-state index < -0.39 is 0 Å². The molecule has 112 valence electrons. The highest BCUT2D eigenvalue weighted by Gasteiger charge is 2.43. The summed E-state index contributed by atoms with van der Waals surface area (Å²) in [6.45, 7) is 3.33. The van der Waals surface area contributed by atoms with Gasteiger partial charge in [-0.2, -0.15) is 0 Å². The summed E-state index contributed by atoms with van der Waals surface area (Å²) in [5.41, 5.74) is 8.16. The van der Waals surface area contributed by atoms with Gasteiger partial charge in [0.25, 0.3) is 0 Å². The fourth-order valence-corrected chi connectivity index (χ4v) is 2.84. The van der Waals surface area contributed by atoms with Crippen LogP contribution in [0.5, 0.6) is 5.75 Å². The molecule has 0 saturated carbocycles. The lowest BCUT2D eigenvalue weighted by Gasteiger charge is -2.43. The lowest BCUT2D eigenvalue weighted by atomic mass is 9.81. The maximum Gasteiger partial charge on any atom is 0.118 e. The number of imidazole rings is 1. The van der Waals surface area contributed by atoms with Crippen LogP contribution in [0.15, 0.2) is 30.5 Å². The number of rotatable bonds is 5. The lowest BCUT2D eigenvalue weighted by molar-refractivity contribution is -0.0688. The second-order valence-electron chi connectivity index (χ2n) is 5.60. The van der Waals surface area contributed by atoms with Crippen LogP contribution in [0, 0.1) is 0 Å².